The molecule has 0 spiro atoms. The smallest absolute Gasteiger partial charge is 0.334 e. The average Bonchev–Trinajstić information content (AvgIpc) is 2.70. The van der Waals surface area contributed by atoms with Crippen LogP contribution in [0.1, 0.15) is 16.1 Å². The summed E-state index contributed by atoms with van der Waals surface area (Å²) in [6, 6.07) is 1.63. The lowest BCUT2D eigenvalue weighted by Gasteiger charge is -2.07. The zero-order valence-electron chi connectivity index (χ0n) is 11.0. The first kappa shape index (κ1) is 13.9. The number of rotatable bonds is 4. The molecule has 0 bridgehead atoms. The van der Waals surface area contributed by atoms with Gasteiger partial charge >= 0.3 is 5.97 Å². The first-order valence-corrected chi connectivity index (χ1v) is 5.88. The van der Waals surface area contributed by atoms with Gasteiger partial charge in [-0.25, -0.2) is 9.78 Å². The number of carboxylic acid groups (broad SMARTS) is 1. The van der Waals surface area contributed by atoms with Crippen molar-refractivity contribution < 1.29 is 19.8 Å². The third kappa shape index (κ3) is 2.59. The van der Waals surface area contributed by atoms with Gasteiger partial charge in [-0.15, -0.1) is 0 Å². The molecule has 1 atom stereocenters. The van der Waals surface area contributed by atoms with Crippen LogP contribution in [0.2, 0.25) is 0 Å². The molecular weight excluding hydrogens is 264 g/mol. The van der Waals surface area contributed by atoms with Crippen molar-refractivity contribution in [2.24, 2.45) is 7.05 Å². The Morgan fingerprint density at radius 2 is 2.20 bits per heavy atom. The molecule has 0 aromatic carbocycles. The van der Waals surface area contributed by atoms with Crippen LogP contribution in [0.3, 0.4) is 0 Å². The fraction of sp³-hybridized carbons (Fsp3) is 0.333. The molecular formula is C12H14N4O4. The highest BCUT2D eigenvalue weighted by molar-refractivity contribution is 5.97. The van der Waals surface area contributed by atoms with Gasteiger partial charge in [0.2, 0.25) is 0 Å². The first-order valence-electron chi connectivity index (χ1n) is 5.88. The summed E-state index contributed by atoms with van der Waals surface area (Å²) in [6.45, 7) is 1.44. The largest absolute Gasteiger partial charge is 0.479 e. The molecule has 0 saturated carbocycles. The van der Waals surface area contributed by atoms with Crippen LogP contribution in [0.4, 0.5) is 0 Å². The van der Waals surface area contributed by atoms with Crippen LogP contribution in [0.15, 0.2) is 12.3 Å². The Bertz CT molecular complexity index is 679. The van der Waals surface area contributed by atoms with Gasteiger partial charge in [0.05, 0.1) is 17.8 Å². The molecule has 0 unspecified atom stereocenters. The van der Waals surface area contributed by atoms with Crippen molar-refractivity contribution in [2.75, 3.05) is 6.54 Å². The van der Waals surface area contributed by atoms with E-state index in [-0.39, 0.29) is 12.1 Å². The van der Waals surface area contributed by atoms with Crippen molar-refractivity contribution in [1.29, 1.82) is 0 Å². The second kappa shape index (κ2) is 5.25. The van der Waals surface area contributed by atoms with Gasteiger partial charge < -0.3 is 15.5 Å². The quantitative estimate of drug-likeness (QED) is 0.691. The number of hydrogen-bond acceptors (Lipinski definition) is 5. The molecule has 106 valence electrons. The third-order valence-electron chi connectivity index (χ3n) is 2.87. The van der Waals surface area contributed by atoms with Crippen LogP contribution in [-0.2, 0) is 11.8 Å². The number of carbonyl (C=O) groups excluding carboxylic acids is 1. The van der Waals surface area contributed by atoms with Gasteiger partial charge in [-0.1, -0.05) is 0 Å². The van der Waals surface area contributed by atoms with Gasteiger partial charge in [-0.2, -0.15) is 5.10 Å². The van der Waals surface area contributed by atoms with E-state index in [0.717, 1.165) is 11.1 Å². The summed E-state index contributed by atoms with van der Waals surface area (Å²) in [7, 11) is 1.76. The lowest BCUT2D eigenvalue weighted by Crippen LogP contribution is -2.36. The van der Waals surface area contributed by atoms with Gasteiger partial charge in [-0.05, 0) is 13.0 Å². The van der Waals surface area contributed by atoms with Crippen molar-refractivity contribution in [3.8, 4) is 0 Å². The summed E-state index contributed by atoms with van der Waals surface area (Å²) in [5, 5.41) is 24.9. The van der Waals surface area contributed by atoms with E-state index in [1.165, 1.54) is 6.20 Å². The third-order valence-corrected chi connectivity index (χ3v) is 2.87. The van der Waals surface area contributed by atoms with Crippen LogP contribution < -0.4 is 5.32 Å². The standard InChI is InChI=1S/C12H14N4O4/c1-6-8-3-7(4-13-10(8)16(2)15-6)11(18)14-5-9(17)12(19)20/h3-4,9,17H,5H2,1-2H3,(H,14,18)(H,19,20)/t9-/m0/s1. The zero-order valence-corrected chi connectivity index (χ0v) is 11.0. The van der Waals surface area contributed by atoms with E-state index in [1.807, 2.05) is 0 Å². The molecule has 3 N–H and O–H groups in total. The fourth-order valence-corrected chi connectivity index (χ4v) is 1.81. The summed E-state index contributed by atoms with van der Waals surface area (Å²) < 4.78 is 1.61. The second-order valence-electron chi connectivity index (χ2n) is 4.37. The highest BCUT2D eigenvalue weighted by Crippen LogP contribution is 2.16. The Morgan fingerprint density at radius 1 is 1.50 bits per heavy atom. The number of pyridine rings is 1. The number of carbonyl (C=O) groups is 2. The molecule has 0 radical (unpaired) electrons. The van der Waals surface area contributed by atoms with Gasteiger partial charge in [0.25, 0.3) is 5.91 Å². The van der Waals surface area contributed by atoms with E-state index >= 15 is 0 Å². The van der Waals surface area contributed by atoms with Gasteiger partial charge in [0.1, 0.15) is 0 Å². The van der Waals surface area contributed by atoms with Crippen LogP contribution >= 0.6 is 0 Å². The maximum Gasteiger partial charge on any atom is 0.334 e. The van der Waals surface area contributed by atoms with Gasteiger partial charge in [-0.3, -0.25) is 9.48 Å². The molecule has 8 nitrogen and oxygen atoms in total. The molecule has 0 saturated heterocycles. The summed E-state index contributed by atoms with van der Waals surface area (Å²) in [4.78, 5) is 26.4. The molecule has 2 aromatic rings. The van der Waals surface area contributed by atoms with Crippen molar-refractivity contribution in [2.45, 2.75) is 13.0 Å². The average molecular weight is 278 g/mol. The van der Waals surface area contributed by atoms with Crippen molar-refractivity contribution in [1.82, 2.24) is 20.1 Å². The number of nitrogens with one attached hydrogen (secondary N) is 1. The molecule has 20 heavy (non-hydrogen) atoms. The second-order valence-corrected chi connectivity index (χ2v) is 4.37. The molecule has 8 heteroatoms. The van der Waals surface area contributed by atoms with E-state index in [1.54, 1.807) is 24.7 Å². The minimum atomic E-state index is -1.63. The van der Waals surface area contributed by atoms with Crippen LogP contribution in [0.25, 0.3) is 11.0 Å². The molecule has 0 aliphatic rings. The zero-order chi connectivity index (χ0) is 14.9. The number of fused-ring (bicyclic) bond motifs is 1. The van der Waals surface area contributed by atoms with Crippen molar-refractivity contribution in [3.05, 3.63) is 23.5 Å². The Balaban J connectivity index is 2.18. The number of hydrogen-bond donors (Lipinski definition) is 3. The predicted molar refractivity (Wildman–Crippen MR) is 69.2 cm³/mol. The number of aliphatic carboxylic acids is 1. The van der Waals surface area contributed by atoms with E-state index in [2.05, 4.69) is 15.4 Å². The molecule has 2 heterocycles. The number of aromatic nitrogens is 3. The molecule has 0 fully saturated rings. The normalized spacial score (nSPS) is 12.3. The summed E-state index contributed by atoms with van der Waals surface area (Å²) in [5.74, 6) is -1.88. The minimum absolute atomic E-state index is 0.284. The molecule has 0 aliphatic heterocycles. The van der Waals surface area contributed by atoms with Crippen LogP contribution in [0, 0.1) is 6.92 Å². The van der Waals surface area contributed by atoms with E-state index < -0.39 is 18.0 Å². The maximum atomic E-state index is 11.9. The highest BCUT2D eigenvalue weighted by atomic mass is 16.4. The lowest BCUT2D eigenvalue weighted by atomic mass is 10.2. The topological polar surface area (TPSA) is 117 Å². The van der Waals surface area contributed by atoms with Crippen LogP contribution in [0.5, 0.6) is 0 Å². The molecule has 2 rings (SSSR count). The van der Waals surface area contributed by atoms with Crippen molar-refractivity contribution in [3.63, 3.8) is 0 Å². The van der Waals surface area contributed by atoms with Gasteiger partial charge in [0, 0.05) is 18.6 Å². The molecule has 2 aromatic heterocycles. The summed E-state index contributed by atoms with van der Waals surface area (Å²) in [5.41, 5.74) is 1.69. The Hall–Kier alpha value is -2.48. The highest BCUT2D eigenvalue weighted by Gasteiger charge is 2.16. The number of aliphatic hydroxyl groups excluding tert-OH is 1. The van der Waals surface area contributed by atoms with E-state index in [9.17, 15) is 9.59 Å². The Labute approximate surface area is 114 Å². The Morgan fingerprint density at radius 3 is 2.85 bits per heavy atom. The Kier molecular flexibility index (Phi) is 3.66. The molecule has 1 amide bonds. The number of aryl methyl sites for hydroxylation is 2. The number of carboxylic acids is 1. The van der Waals surface area contributed by atoms with Crippen LogP contribution in [-0.4, -0.2) is 49.5 Å². The maximum absolute atomic E-state index is 11.9. The fourth-order valence-electron chi connectivity index (χ4n) is 1.81. The SMILES string of the molecule is Cc1nn(C)c2ncc(C(=O)NC[C@H](O)C(=O)O)cc12. The monoisotopic (exact) mass is 278 g/mol. The van der Waals surface area contributed by atoms with E-state index in [0.29, 0.717) is 5.65 Å². The summed E-state index contributed by atoms with van der Waals surface area (Å²) >= 11 is 0. The summed E-state index contributed by atoms with van der Waals surface area (Å²) in [6.07, 6.45) is -0.248. The number of nitrogens with zero attached hydrogens (tertiary/aromatic N) is 3. The van der Waals surface area contributed by atoms with Crippen molar-refractivity contribution >= 4 is 22.9 Å². The predicted octanol–water partition coefficient (Wildman–Crippen LogP) is -0.548. The van der Waals surface area contributed by atoms with E-state index in [4.69, 9.17) is 10.2 Å². The molecule has 0 aliphatic carbocycles. The lowest BCUT2D eigenvalue weighted by molar-refractivity contribution is -0.146. The minimum Gasteiger partial charge on any atom is -0.479 e. The first-order chi connectivity index (χ1) is 9.40. The van der Waals surface area contributed by atoms with Gasteiger partial charge in [0.15, 0.2) is 11.8 Å². The number of amides is 1. The number of aliphatic hydroxyl groups is 1.